The highest BCUT2D eigenvalue weighted by Gasteiger charge is 2.23. The van der Waals surface area contributed by atoms with E-state index in [4.69, 9.17) is 0 Å². The third-order valence-electron chi connectivity index (χ3n) is 4.60. The van der Waals surface area contributed by atoms with Gasteiger partial charge in [0.05, 0.1) is 0 Å². The fourth-order valence-corrected chi connectivity index (χ4v) is 9.62. The monoisotopic (exact) mass is 378 g/mol. The van der Waals surface area contributed by atoms with E-state index in [0.717, 1.165) is 6.42 Å². The molecule has 0 saturated heterocycles. The highest BCUT2D eigenvalue weighted by atomic mass is 31.1. The van der Waals surface area contributed by atoms with E-state index >= 15 is 0 Å². The molecule has 140 valence electrons. The van der Waals surface area contributed by atoms with E-state index in [1.165, 1.54) is 11.4 Å². The lowest BCUT2D eigenvalue weighted by atomic mass is 10.2. The maximum atomic E-state index is 2.59. The van der Waals surface area contributed by atoms with Crippen LogP contribution in [0, 0.1) is 0 Å². The molecule has 0 saturated carbocycles. The summed E-state index contributed by atoms with van der Waals surface area (Å²) in [7, 11) is -0.353. The zero-order valence-electron chi connectivity index (χ0n) is 17.3. The van der Waals surface area contributed by atoms with Crippen LogP contribution in [0.1, 0.15) is 66.8 Å². The summed E-state index contributed by atoms with van der Waals surface area (Å²) in [5.74, 6) is 0. The predicted molar refractivity (Wildman–Crippen MR) is 117 cm³/mol. The summed E-state index contributed by atoms with van der Waals surface area (Å²) in [6.07, 6.45) is 5.65. The molecule has 2 heterocycles. The molecule has 0 atom stereocenters. The third kappa shape index (κ3) is 4.78. The average Bonchev–Trinajstić information content (AvgIpc) is 3.09. The van der Waals surface area contributed by atoms with Crippen molar-refractivity contribution >= 4 is 16.1 Å². The molecular formula is C21H36N2P2. The van der Waals surface area contributed by atoms with Crippen LogP contribution in [0.2, 0.25) is 0 Å². The SMILES string of the molecule is CC(C)P(C(C)C)n1cccc1Cc1cccn1P(C(C)C)C(C)C. The molecule has 4 heteroatoms. The Morgan fingerprint density at radius 1 is 0.640 bits per heavy atom. The summed E-state index contributed by atoms with van der Waals surface area (Å²) in [5.41, 5.74) is 5.76. The normalized spacial score (nSPS) is 12.7. The zero-order valence-corrected chi connectivity index (χ0v) is 19.1. The summed E-state index contributed by atoms with van der Waals surface area (Å²) in [6.45, 7) is 19.0. The molecule has 0 aliphatic heterocycles. The largest absolute Gasteiger partial charge is 0.329 e. The average molecular weight is 378 g/mol. The molecule has 0 aromatic carbocycles. The standard InChI is InChI=1S/C21H36N2P2/c1-16(2)24(17(3)4)22-13-9-11-20(22)15-21-12-10-14-23(21)25(18(5)6)19(7)8/h9-14,16-19H,15H2,1-8H3. The topological polar surface area (TPSA) is 9.86 Å². The van der Waals surface area contributed by atoms with Crippen LogP contribution in [0.5, 0.6) is 0 Å². The Morgan fingerprint density at radius 3 is 1.24 bits per heavy atom. The fourth-order valence-electron chi connectivity index (χ4n) is 3.92. The van der Waals surface area contributed by atoms with E-state index in [1.54, 1.807) is 0 Å². The lowest BCUT2D eigenvalue weighted by molar-refractivity contribution is 0.907. The van der Waals surface area contributed by atoms with Gasteiger partial charge in [0, 0.05) is 46.3 Å². The molecule has 2 aromatic rings. The molecule has 0 radical (unpaired) electrons. The van der Waals surface area contributed by atoms with Crippen LogP contribution in [0.25, 0.3) is 0 Å². The first kappa shape index (κ1) is 20.7. The first-order valence-corrected chi connectivity index (χ1v) is 12.5. The van der Waals surface area contributed by atoms with Crippen LogP contribution in [0.3, 0.4) is 0 Å². The van der Waals surface area contributed by atoms with Crippen molar-refractivity contribution in [3.05, 3.63) is 48.0 Å². The Morgan fingerprint density at radius 2 is 0.960 bits per heavy atom. The van der Waals surface area contributed by atoms with Gasteiger partial charge in [-0.15, -0.1) is 0 Å². The highest BCUT2D eigenvalue weighted by Crippen LogP contribution is 2.50. The van der Waals surface area contributed by atoms with Gasteiger partial charge in [0.1, 0.15) is 0 Å². The maximum absolute atomic E-state index is 2.59. The van der Waals surface area contributed by atoms with Gasteiger partial charge in [-0.3, -0.25) is 0 Å². The Hall–Kier alpha value is -0.580. The molecule has 2 aromatic heterocycles. The van der Waals surface area contributed by atoms with Gasteiger partial charge in [0.15, 0.2) is 0 Å². The Labute approximate surface area is 157 Å². The van der Waals surface area contributed by atoms with Crippen molar-refractivity contribution in [2.45, 2.75) is 84.4 Å². The van der Waals surface area contributed by atoms with Crippen LogP contribution >= 0.6 is 16.1 Å². The van der Waals surface area contributed by atoms with E-state index in [-0.39, 0.29) is 16.1 Å². The fraction of sp³-hybridized carbons (Fsp3) is 0.619. The van der Waals surface area contributed by atoms with Gasteiger partial charge in [0.2, 0.25) is 0 Å². The van der Waals surface area contributed by atoms with Crippen molar-refractivity contribution in [3.63, 3.8) is 0 Å². The van der Waals surface area contributed by atoms with E-state index in [0.29, 0.717) is 22.6 Å². The summed E-state index contributed by atoms with van der Waals surface area (Å²) in [5, 5.41) is 0. The summed E-state index contributed by atoms with van der Waals surface area (Å²) < 4.78 is 5.18. The van der Waals surface area contributed by atoms with Crippen LogP contribution in [0.15, 0.2) is 36.7 Å². The summed E-state index contributed by atoms with van der Waals surface area (Å²) in [4.78, 5) is 0. The zero-order chi connectivity index (χ0) is 18.7. The summed E-state index contributed by atoms with van der Waals surface area (Å²) in [6, 6.07) is 9.11. The second-order valence-corrected chi connectivity index (χ2v) is 14.5. The molecule has 0 aliphatic rings. The van der Waals surface area contributed by atoms with Crippen molar-refractivity contribution in [2.75, 3.05) is 0 Å². The van der Waals surface area contributed by atoms with Crippen LogP contribution in [0.4, 0.5) is 0 Å². The van der Waals surface area contributed by atoms with Gasteiger partial charge >= 0.3 is 0 Å². The van der Waals surface area contributed by atoms with Gasteiger partial charge in [-0.05, 0) is 46.9 Å². The molecular weight excluding hydrogens is 342 g/mol. The lowest BCUT2D eigenvalue weighted by Crippen LogP contribution is -2.14. The number of rotatable bonds is 8. The molecule has 2 nitrogen and oxygen atoms in total. The van der Waals surface area contributed by atoms with E-state index < -0.39 is 0 Å². The van der Waals surface area contributed by atoms with Gasteiger partial charge in [-0.2, -0.15) is 0 Å². The minimum atomic E-state index is -0.176. The number of hydrogen-bond donors (Lipinski definition) is 0. The van der Waals surface area contributed by atoms with E-state index in [2.05, 4.69) is 101 Å². The molecule has 2 rings (SSSR count). The lowest BCUT2D eigenvalue weighted by Gasteiger charge is -2.31. The second kappa shape index (κ2) is 8.88. The minimum Gasteiger partial charge on any atom is -0.329 e. The van der Waals surface area contributed by atoms with Crippen molar-refractivity contribution in [1.82, 2.24) is 8.68 Å². The predicted octanol–water partition coefficient (Wildman–Crippen LogP) is 7.00. The third-order valence-corrected chi connectivity index (χ3v) is 10.6. The Balaban J connectivity index is 2.34. The molecule has 0 fully saturated rings. The van der Waals surface area contributed by atoms with Crippen LogP contribution in [-0.2, 0) is 6.42 Å². The molecule has 0 N–H and O–H groups in total. The molecule has 0 aliphatic carbocycles. The van der Waals surface area contributed by atoms with Crippen molar-refractivity contribution in [3.8, 4) is 0 Å². The van der Waals surface area contributed by atoms with Crippen molar-refractivity contribution in [1.29, 1.82) is 0 Å². The van der Waals surface area contributed by atoms with Gasteiger partial charge in [0.25, 0.3) is 0 Å². The maximum Gasteiger partial charge on any atom is 0.0288 e. The van der Waals surface area contributed by atoms with E-state index in [1.807, 2.05) is 0 Å². The summed E-state index contributed by atoms with van der Waals surface area (Å²) >= 11 is 0. The van der Waals surface area contributed by atoms with Crippen molar-refractivity contribution in [2.24, 2.45) is 0 Å². The van der Waals surface area contributed by atoms with Crippen LogP contribution < -0.4 is 0 Å². The van der Waals surface area contributed by atoms with Gasteiger partial charge in [-0.1, -0.05) is 55.4 Å². The molecule has 0 amide bonds. The number of aromatic nitrogens is 2. The first-order valence-electron chi connectivity index (χ1n) is 9.63. The van der Waals surface area contributed by atoms with Crippen LogP contribution in [-0.4, -0.2) is 31.3 Å². The number of nitrogens with zero attached hydrogens (tertiary/aromatic N) is 2. The smallest absolute Gasteiger partial charge is 0.0288 e. The van der Waals surface area contributed by atoms with Crippen molar-refractivity contribution < 1.29 is 0 Å². The van der Waals surface area contributed by atoms with E-state index in [9.17, 15) is 0 Å². The molecule has 25 heavy (non-hydrogen) atoms. The first-order chi connectivity index (χ1) is 11.7. The Kier molecular flexibility index (Phi) is 7.36. The molecule has 0 unspecified atom stereocenters. The van der Waals surface area contributed by atoms with Gasteiger partial charge in [-0.25, -0.2) is 0 Å². The Bertz CT molecular complexity index is 580. The quantitative estimate of drug-likeness (QED) is 0.438. The molecule has 0 bridgehead atoms. The molecule has 0 spiro atoms. The highest BCUT2D eigenvalue weighted by molar-refractivity contribution is 7.57. The second-order valence-electron chi connectivity index (χ2n) is 8.00. The minimum absolute atomic E-state index is 0.176. The number of hydrogen-bond acceptors (Lipinski definition) is 0. The van der Waals surface area contributed by atoms with Gasteiger partial charge < -0.3 is 8.68 Å².